The summed E-state index contributed by atoms with van der Waals surface area (Å²) < 4.78 is 1.98. The van der Waals surface area contributed by atoms with Crippen molar-refractivity contribution in [1.82, 2.24) is 19.7 Å². The maximum atomic E-state index is 13.3. The van der Waals surface area contributed by atoms with Gasteiger partial charge in [0.05, 0.1) is 22.2 Å². The number of aromatic nitrogens is 3. The van der Waals surface area contributed by atoms with Crippen molar-refractivity contribution in [3.63, 3.8) is 0 Å². The van der Waals surface area contributed by atoms with Crippen LogP contribution >= 0.6 is 0 Å². The molecule has 6 heteroatoms. The lowest BCUT2D eigenvalue weighted by molar-refractivity contribution is 0.0789. The Balaban J connectivity index is 1.85. The molecule has 2 aliphatic rings. The third-order valence-corrected chi connectivity index (χ3v) is 5.60. The zero-order valence-corrected chi connectivity index (χ0v) is 16.2. The highest BCUT2D eigenvalue weighted by Crippen LogP contribution is 2.41. The van der Waals surface area contributed by atoms with Gasteiger partial charge in [0.15, 0.2) is 5.65 Å². The van der Waals surface area contributed by atoms with Gasteiger partial charge in [-0.25, -0.2) is 9.67 Å². The van der Waals surface area contributed by atoms with Crippen LogP contribution in [0.1, 0.15) is 67.7 Å². The van der Waals surface area contributed by atoms with Crippen molar-refractivity contribution in [3.05, 3.63) is 23.0 Å². The summed E-state index contributed by atoms with van der Waals surface area (Å²) in [5, 5.41) is 5.65. The number of rotatable bonds is 3. The highest BCUT2D eigenvalue weighted by Gasteiger charge is 2.33. The Kier molecular flexibility index (Phi) is 4.06. The van der Waals surface area contributed by atoms with E-state index in [1.165, 1.54) is 0 Å². The van der Waals surface area contributed by atoms with E-state index in [9.17, 15) is 4.79 Å². The summed E-state index contributed by atoms with van der Waals surface area (Å²) in [7, 11) is 0. The summed E-state index contributed by atoms with van der Waals surface area (Å²) in [6.07, 6.45) is 3.31. The molecule has 0 bridgehead atoms. The molecule has 2 aromatic rings. The van der Waals surface area contributed by atoms with Crippen LogP contribution in [0.25, 0.3) is 11.0 Å². The van der Waals surface area contributed by atoms with Gasteiger partial charge in [-0.15, -0.1) is 0 Å². The van der Waals surface area contributed by atoms with Gasteiger partial charge in [-0.2, -0.15) is 5.10 Å². The van der Waals surface area contributed by atoms with Crippen LogP contribution < -0.4 is 5.73 Å². The Morgan fingerprint density at radius 3 is 2.62 bits per heavy atom. The van der Waals surface area contributed by atoms with Crippen molar-refractivity contribution in [2.75, 3.05) is 19.6 Å². The number of hydrogen-bond donors (Lipinski definition) is 1. The predicted molar refractivity (Wildman–Crippen MR) is 102 cm³/mol. The number of carbonyl (C=O) groups excluding carboxylic acids is 1. The zero-order chi connectivity index (χ0) is 18.6. The fourth-order valence-corrected chi connectivity index (χ4v) is 3.91. The molecule has 1 amide bonds. The van der Waals surface area contributed by atoms with Crippen LogP contribution in [-0.4, -0.2) is 45.2 Å². The van der Waals surface area contributed by atoms with Gasteiger partial charge in [0.2, 0.25) is 0 Å². The van der Waals surface area contributed by atoms with Crippen molar-refractivity contribution < 1.29 is 4.79 Å². The second kappa shape index (κ2) is 6.05. The third-order valence-electron chi connectivity index (χ3n) is 5.60. The minimum Gasteiger partial charge on any atom is -0.338 e. The summed E-state index contributed by atoms with van der Waals surface area (Å²) in [4.78, 5) is 20.2. The van der Waals surface area contributed by atoms with E-state index in [1.54, 1.807) is 0 Å². The third kappa shape index (κ3) is 2.90. The maximum Gasteiger partial charge on any atom is 0.254 e. The van der Waals surface area contributed by atoms with Gasteiger partial charge >= 0.3 is 0 Å². The van der Waals surface area contributed by atoms with Crippen LogP contribution in [0.5, 0.6) is 0 Å². The van der Waals surface area contributed by atoms with Gasteiger partial charge in [-0.3, -0.25) is 4.79 Å². The lowest BCUT2D eigenvalue weighted by Crippen LogP contribution is -2.30. The second-order valence-electron chi connectivity index (χ2n) is 8.88. The molecule has 0 aromatic carbocycles. The molecule has 1 saturated carbocycles. The number of nitrogens with two attached hydrogens (primary N) is 1. The topological polar surface area (TPSA) is 77.0 Å². The molecule has 0 spiro atoms. The summed E-state index contributed by atoms with van der Waals surface area (Å²) in [5.74, 6) is 1.01. The van der Waals surface area contributed by atoms with Crippen LogP contribution in [0.2, 0.25) is 0 Å². The number of amides is 1. The minimum absolute atomic E-state index is 0.104. The molecule has 140 valence electrons. The van der Waals surface area contributed by atoms with E-state index >= 15 is 0 Å². The van der Waals surface area contributed by atoms with Gasteiger partial charge in [0.25, 0.3) is 5.91 Å². The Hall–Kier alpha value is -1.95. The number of pyridine rings is 1. The van der Waals surface area contributed by atoms with Crippen molar-refractivity contribution in [2.45, 2.75) is 58.4 Å². The SMILES string of the molecule is Cc1nn(C(C)(C)C)c2nc(C3CC3)cc(C(=O)N3CCC(CN)C3)c12. The number of aryl methyl sites for hydroxylation is 1. The molecule has 1 atom stereocenters. The quantitative estimate of drug-likeness (QED) is 0.918. The number of nitrogens with zero attached hydrogens (tertiary/aromatic N) is 4. The molecule has 26 heavy (non-hydrogen) atoms. The van der Waals surface area contributed by atoms with Crippen LogP contribution in [0, 0.1) is 12.8 Å². The molecule has 1 aliphatic carbocycles. The molecule has 1 saturated heterocycles. The highest BCUT2D eigenvalue weighted by molar-refractivity contribution is 6.06. The first kappa shape index (κ1) is 17.5. The molecular weight excluding hydrogens is 326 g/mol. The zero-order valence-electron chi connectivity index (χ0n) is 16.2. The summed E-state index contributed by atoms with van der Waals surface area (Å²) in [6, 6.07) is 2.03. The molecule has 6 nitrogen and oxygen atoms in total. The van der Waals surface area contributed by atoms with Crippen molar-refractivity contribution >= 4 is 16.9 Å². The summed E-state index contributed by atoms with van der Waals surface area (Å²) >= 11 is 0. The average Bonchev–Trinajstić information content (AvgIpc) is 3.23. The van der Waals surface area contributed by atoms with Gasteiger partial charge in [-0.05, 0) is 65.5 Å². The van der Waals surface area contributed by atoms with Crippen molar-refractivity contribution in [2.24, 2.45) is 11.7 Å². The largest absolute Gasteiger partial charge is 0.338 e. The van der Waals surface area contributed by atoms with E-state index in [0.717, 1.165) is 60.3 Å². The minimum atomic E-state index is -0.180. The van der Waals surface area contributed by atoms with Crippen molar-refractivity contribution in [1.29, 1.82) is 0 Å². The molecule has 2 fully saturated rings. The molecule has 1 unspecified atom stereocenters. The number of hydrogen-bond acceptors (Lipinski definition) is 4. The van der Waals surface area contributed by atoms with E-state index in [2.05, 4.69) is 20.8 Å². The monoisotopic (exact) mass is 355 g/mol. The van der Waals surface area contributed by atoms with Crippen molar-refractivity contribution in [3.8, 4) is 0 Å². The van der Waals surface area contributed by atoms with Crippen LogP contribution in [0.15, 0.2) is 6.07 Å². The number of likely N-dealkylation sites (tertiary alicyclic amines) is 1. The van der Waals surface area contributed by atoms with E-state index in [1.807, 2.05) is 22.6 Å². The molecule has 2 aromatic heterocycles. The molecule has 2 N–H and O–H groups in total. The Morgan fingerprint density at radius 1 is 1.31 bits per heavy atom. The van der Waals surface area contributed by atoms with E-state index in [0.29, 0.717) is 18.4 Å². The highest BCUT2D eigenvalue weighted by atomic mass is 16.2. The van der Waals surface area contributed by atoms with E-state index in [-0.39, 0.29) is 11.4 Å². The van der Waals surface area contributed by atoms with Gasteiger partial charge < -0.3 is 10.6 Å². The first-order chi connectivity index (χ1) is 12.3. The van der Waals surface area contributed by atoms with E-state index < -0.39 is 0 Å². The molecular formula is C20H29N5O. The summed E-state index contributed by atoms with van der Waals surface area (Å²) in [5.41, 5.74) is 9.16. The predicted octanol–water partition coefficient (Wildman–Crippen LogP) is 2.79. The second-order valence-corrected chi connectivity index (χ2v) is 8.88. The van der Waals surface area contributed by atoms with Crippen LogP contribution in [0.3, 0.4) is 0 Å². The first-order valence-electron chi connectivity index (χ1n) is 9.69. The lowest BCUT2D eigenvalue weighted by atomic mass is 10.1. The van der Waals surface area contributed by atoms with Crippen LogP contribution in [0.4, 0.5) is 0 Å². The average molecular weight is 355 g/mol. The Morgan fingerprint density at radius 2 is 2.04 bits per heavy atom. The Bertz CT molecular complexity index is 859. The molecule has 4 rings (SSSR count). The fraction of sp³-hybridized carbons (Fsp3) is 0.650. The van der Waals surface area contributed by atoms with Gasteiger partial charge in [0.1, 0.15) is 0 Å². The first-order valence-corrected chi connectivity index (χ1v) is 9.69. The van der Waals surface area contributed by atoms with Gasteiger partial charge in [0, 0.05) is 24.7 Å². The lowest BCUT2D eigenvalue weighted by Gasteiger charge is -2.21. The fourth-order valence-electron chi connectivity index (χ4n) is 3.91. The van der Waals surface area contributed by atoms with Crippen LogP contribution in [-0.2, 0) is 5.54 Å². The van der Waals surface area contributed by atoms with Gasteiger partial charge in [-0.1, -0.05) is 0 Å². The van der Waals surface area contributed by atoms with E-state index in [4.69, 9.17) is 15.8 Å². The molecule has 3 heterocycles. The Labute approximate surface area is 154 Å². The number of fused-ring (bicyclic) bond motifs is 1. The summed E-state index contributed by atoms with van der Waals surface area (Å²) in [6.45, 7) is 10.5. The normalized spacial score (nSPS) is 21.0. The number of carbonyl (C=O) groups is 1. The molecule has 1 aliphatic heterocycles. The standard InChI is InChI=1S/C20H29N5O/c1-12-17-15(19(26)24-8-7-13(10-21)11-24)9-16(14-5-6-14)22-18(17)25(23-12)20(2,3)4/h9,13-14H,5-8,10-11,21H2,1-4H3. The molecule has 0 radical (unpaired) electrons. The maximum absolute atomic E-state index is 13.3. The smallest absolute Gasteiger partial charge is 0.254 e.